The molecule has 2 aromatic rings. The van der Waals surface area contributed by atoms with Crippen molar-refractivity contribution in [1.82, 2.24) is 15.1 Å². The van der Waals surface area contributed by atoms with Gasteiger partial charge in [-0.1, -0.05) is 34.8 Å². The predicted molar refractivity (Wildman–Crippen MR) is 76.7 cm³/mol. The van der Waals surface area contributed by atoms with Crippen molar-refractivity contribution in [3.05, 3.63) is 28.2 Å². The van der Waals surface area contributed by atoms with Crippen molar-refractivity contribution < 1.29 is 4.52 Å². The summed E-state index contributed by atoms with van der Waals surface area (Å²) in [6, 6.07) is 1.61. The molecule has 3 rings (SSSR count). The monoisotopic (exact) mass is 312 g/mol. The molecule has 1 aliphatic carbocycles. The molecule has 2 atom stereocenters. The van der Waals surface area contributed by atoms with Crippen LogP contribution < -0.4 is 5.73 Å². The maximum atomic E-state index is 6.10. The Hall–Kier alpha value is -1.17. The molecular formula is C13H14Cl2N4O. The lowest BCUT2D eigenvalue weighted by Crippen LogP contribution is -2.17. The van der Waals surface area contributed by atoms with Crippen LogP contribution in [-0.4, -0.2) is 21.7 Å². The molecule has 0 aromatic carbocycles. The summed E-state index contributed by atoms with van der Waals surface area (Å²) in [5.41, 5.74) is 6.26. The van der Waals surface area contributed by atoms with Gasteiger partial charge < -0.3 is 10.3 Å². The van der Waals surface area contributed by atoms with E-state index >= 15 is 0 Å². The van der Waals surface area contributed by atoms with E-state index in [2.05, 4.69) is 15.1 Å². The number of halogens is 2. The Morgan fingerprint density at radius 3 is 2.95 bits per heavy atom. The third-order valence-corrected chi connectivity index (χ3v) is 4.24. The van der Waals surface area contributed by atoms with Gasteiger partial charge in [0.05, 0.1) is 10.0 Å². The summed E-state index contributed by atoms with van der Waals surface area (Å²) in [7, 11) is 0. The van der Waals surface area contributed by atoms with Gasteiger partial charge in [0.2, 0.25) is 11.7 Å². The van der Waals surface area contributed by atoms with E-state index < -0.39 is 0 Å². The summed E-state index contributed by atoms with van der Waals surface area (Å²) in [5.74, 6) is 1.68. The molecule has 2 aromatic heterocycles. The second-order valence-electron chi connectivity index (χ2n) is 4.97. The van der Waals surface area contributed by atoms with Crippen LogP contribution in [-0.2, 0) is 0 Å². The molecule has 2 N–H and O–H groups in total. The fraction of sp³-hybridized carbons (Fsp3) is 0.462. The molecular weight excluding hydrogens is 299 g/mol. The summed E-state index contributed by atoms with van der Waals surface area (Å²) in [6.45, 7) is 0.641. The minimum absolute atomic E-state index is 0.243. The van der Waals surface area contributed by atoms with E-state index in [1.54, 1.807) is 6.07 Å². The van der Waals surface area contributed by atoms with Gasteiger partial charge in [-0.05, 0) is 31.4 Å². The molecule has 1 saturated carbocycles. The number of aromatic nitrogens is 3. The van der Waals surface area contributed by atoms with Gasteiger partial charge in [-0.25, -0.2) is 4.98 Å². The molecule has 0 bridgehead atoms. The quantitative estimate of drug-likeness (QED) is 0.941. The maximum Gasteiger partial charge on any atom is 0.230 e. The smallest absolute Gasteiger partial charge is 0.230 e. The summed E-state index contributed by atoms with van der Waals surface area (Å²) in [5, 5.41) is 4.86. The Morgan fingerprint density at radius 2 is 2.20 bits per heavy atom. The van der Waals surface area contributed by atoms with E-state index in [0.717, 1.165) is 19.3 Å². The number of pyridine rings is 1. The Bertz CT molecular complexity index is 616. The average molecular weight is 313 g/mol. The molecule has 0 spiro atoms. The highest BCUT2D eigenvalue weighted by Crippen LogP contribution is 2.39. The number of nitrogens with two attached hydrogens (primary N) is 1. The van der Waals surface area contributed by atoms with Crippen molar-refractivity contribution in [2.75, 3.05) is 6.54 Å². The maximum absolute atomic E-state index is 6.10. The molecule has 0 radical (unpaired) electrons. The van der Waals surface area contributed by atoms with Crippen molar-refractivity contribution >= 4 is 23.2 Å². The topological polar surface area (TPSA) is 77.8 Å². The summed E-state index contributed by atoms with van der Waals surface area (Å²) < 4.78 is 5.37. The normalized spacial score (nSPS) is 22.4. The van der Waals surface area contributed by atoms with E-state index in [9.17, 15) is 0 Å². The highest BCUT2D eigenvalue weighted by Gasteiger charge is 2.32. The van der Waals surface area contributed by atoms with Crippen LogP contribution >= 0.6 is 23.2 Å². The van der Waals surface area contributed by atoms with Crippen LogP contribution in [0.2, 0.25) is 10.0 Å². The first-order valence-corrected chi connectivity index (χ1v) is 7.29. The Kier molecular flexibility index (Phi) is 3.92. The molecule has 106 valence electrons. The predicted octanol–water partition coefficient (Wildman–Crippen LogP) is 3.28. The first-order chi connectivity index (χ1) is 9.69. The van der Waals surface area contributed by atoms with Crippen LogP contribution in [0.1, 0.15) is 31.1 Å². The van der Waals surface area contributed by atoms with E-state index in [4.69, 9.17) is 33.5 Å². The van der Waals surface area contributed by atoms with Gasteiger partial charge in [0.1, 0.15) is 5.69 Å². The van der Waals surface area contributed by atoms with Crippen molar-refractivity contribution in [2.45, 2.75) is 25.2 Å². The van der Waals surface area contributed by atoms with Crippen LogP contribution in [0.25, 0.3) is 11.5 Å². The minimum atomic E-state index is 0.243. The zero-order valence-electron chi connectivity index (χ0n) is 10.7. The van der Waals surface area contributed by atoms with Gasteiger partial charge in [0, 0.05) is 12.1 Å². The number of nitrogens with zero attached hydrogens (tertiary/aromatic N) is 3. The molecule has 7 heteroatoms. The van der Waals surface area contributed by atoms with Gasteiger partial charge in [-0.15, -0.1) is 0 Å². The SMILES string of the molecule is NCC1CCCC1c1nc(-c2ncc(Cl)cc2Cl)no1. The lowest BCUT2D eigenvalue weighted by molar-refractivity contribution is 0.326. The van der Waals surface area contributed by atoms with E-state index in [1.165, 1.54) is 6.20 Å². The fourth-order valence-corrected chi connectivity index (χ4v) is 3.17. The van der Waals surface area contributed by atoms with E-state index in [1.807, 2.05) is 0 Å². The first-order valence-electron chi connectivity index (χ1n) is 6.54. The van der Waals surface area contributed by atoms with Crippen LogP contribution in [0.3, 0.4) is 0 Å². The number of hydrogen-bond acceptors (Lipinski definition) is 5. The highest BCUT2D eigenvalue weighted by molar-refractivity contribution is 6.35. The highest BCUT2D eigenvalue weighted by atomic mass is 35.5. The van der Waals surface area contributed by atoms with Crippen LogP contribution in [0.5, 0.6) is 0 Å². The lowest BCUT2D eigenvalue weighted by Gasteiger charge is -2.12. The van der Waals surface area contributed by atoms with Gasteiger partial charge in [-0.2, -0.15) is 4.98 Å². The second kappa shape index (κ2) is 5.68. The molecule has 2 heterocycles. The molecule has 20 heavy (non-hydrogen) atoms. The van der Waals surface area contributed by atoms with Gasteiger partial charge in [0.25, 0.3) is 0 Å². The summed E-state index contributed by atoms with van der Waals surface area (Å²) >= 11 is 11.9. The molecule has 1 aliphatic rings. The molecule has 0 saturated heterocycles. The minimum Gasteiger partial charge on any atom is -0.339 e. The Morgan fingerprint density at radius 1 is 1.35 bits per heavy atom. The fourth-order valence-electron chi connectivity index (χ4n) is 2.71. The molecule has 0 amide bonds. The standard InChI is InChI=1S/C13H14Cl2N4O/c14-8-4-10(15)11(17-6-8)12-18-13(20-19-12)9-3-1-2-7(9)5-16/h4,6-7,9H,1-3,5,16H2. The first kappa shape index (κ1) is 13.8. The molecule has 5 nitrogen and oxygen atoms in total. The lowest BCUT2D eigenvalue weighted by atomic mass is 9.96. The van der Waals surface area contributed by atoms with E-state index in [0.29, 0.717) is 39.9 Å². The average Bonchev–Trinajstić information content (AvgIpc) is 3.06. The zero-order chi connectivity index (χ0) is 14.1. The van der Waals surface area contributed by atoms with Crippen LogP contribution in [0.4, 0.5) is 0 Å². The van der Waals surface area contributed by atoms with Gasteiger partial charge in [-0.3, -0.25) is 0 Å². The molecule has 1 fully saturated rings. The summed E-state index contributed by atoms with van der Waals surface area (Å²) in [4.78, 5) is 8.58. The van der Waals surface area contributed by atoms with Crippen molar-refractivity contribution in [3.8, 4) is 11.5 Å². The largest absolute Gasteiger partial charge is 0.339 e. The van der Waals surface area contributed by atoms with Gasteiger partial charge in [0.15, 0.2) is 0 Å². The van der Waals surface area contributed by atoms with Crippen LogP contribution in [0.15, 0.2) is 16.8 Å². The van der Waals surface area contributed by atoms with Crippen molar-refractivity contribution in [2.24, 2.45) is 11.7 Å². The van der Waals surface area contributed by atoms with Crippen LogP contribution in [0, 0.1) is 5.92 Å². The Labute approximate surface area is 126 Å². The second-order valence-corrected chi connectivity index (χ2v) is 5.82. The van der Waals surface area contributed by atoms with Crippen molar-refractivity contribution in [1.29, 1.82) is 0 Å². The van der Waals surface area contributed by atoms with Gasteiger partial charge >= 0.3 is 0 Å². The number of hydrogen-bond donors (Lipinski definition) is 1. The summed E-state index contributed by atoms with van der Waals surface area (Å²) in [6.07, 6.45) is 4.80. The third-order valence-electron chi connectivity index (χ3n) is 3.74. The number of rotatable bonds is 3. The van der Waals surface area contributed by atoms with Crippen molar-refractivity contribution in [3.63, 3.8) is 0 Å². The molecule has 0 aliphatic heterocycles. The Balaban J connectivity index is 1.90. The zero-order valence-corrected chi connectivity index (χ0v) is 12.2. The third kappa shape index (κ3) is 2.53. The van der Waals surface area contributed by atoms with E-state index in [-0.39, 0.29) is 5.92 Å². The molecule has 2 unspecified atom stereocenters.